The maximum Gasteiger partial charge on any atom is 0.268 e. The molecular formula is C16H15F2N3O3S. The average molecular weight is 367 g/mol. The zero-order valence-corrected chi connectivity index (χ0v) is 13.8. The van der Waals surface area contributed by atoms with Crippen molar-refractivity contribution in [1.82, 2.24) is 10.2 Å². The zero-order chi connectivity index (χ0) is 18.3. The molecule has 1 amide bonds. The molecule has 132 valence electrons. The van der Waals surface area contributed by atoms with Gasteiger partial charge in [0.15, 0.2) is 9.84 Å². The second-order valence-electron chi connectivity index (χ2n) is 6.05. The minimum atomic E-state index is -4.08. The van der Waals surface area contributed by atoms with E-state index in [1.165, 1.54) is 36.5 Å². The molecule has 1 saturated heterocycles. The molecule has 2 atom stereocenters. The van der Waals surface area contributed by atoms with Gasteiger partial charge in [-0.25, -0.2) is 17.2 Å². The highest BCUT2D eigenvalue weighted by Gasteiger charge is 2.66. The average Bonchev–Trinajstić information content (AvgIpc) is 3.04. The van der Waals surface area contributed by atoms with Gasteiger partial charge in [0.1, 0.15) is 17.3 Å². The summed E-state index contributed by atoms with van der Waals surface area (Å²) in [5.41, 5.74) is -1.96. The van der Waals surface area contributed by atoms with Crippen LogP contribution in [-0.2, 0) is 14.6 Å². The molecule has 1 aromatic rings. The number of benzene rings is 1. The van der Waals surface area contributed by atoms with Crippen molar-refractivity contribution in [3.8, 4) is 6.07 Å². The number of nitrogens with zero attached hydrogens (tertiary/aromatic N) is 2. The van der Waals surface area contributed by atoms with E-state index < -0.39 is 52.0 Å². The van der Waals surface area contributed by atoms with Gasteiger partial charge in [0.05, 0.1) is 17.5 Å². The quantitative estimate of drug-likeness (QED) is 0.804. The van der Waals surface area contributed by atoms with Gasteiger partial charge >= 0.3 is 0 Å². The summed E-state index contributed by atoms with van der Waals surface area (Å²) in [6.45, 7) is -1.14. The van der Waals surface area contributed by atoms with Gasteiger partial charge in [0, 0.05) is 6.42 Å². The summed E-state index contributed by atoms with van der Waals surface area (Å²) in [6, 6.07) is 9.10. The Morgan fingerprint density at radius 1 is 1.36 bits per heavy atom. The van der Waals surface area contributed by atoms with E-state index in [4.69, 9.17) is 5.26 Å². The Hall–Kier alpha value is -2.47. The van der Waals surface area contributed by atoms with Gasteiger partial charge in [-0.1, -0.05) is 18.2 Å². The summed E-state index contributed by atoms with van der Waals surface area (Å²) in [5, 5.41) is 9.43. The van der Waals surface area contributed by atoms with Gasteiger partial charge in [0.2, 0.25) is 5.91 Å². The van der Waals surface area contributed by atoms with Gasteiger partial charge in [-0.15, -0.1) is 0 Å². The van der Waals surface area contributed by atoms with E-state index in [2.05, 4.69) is 5.32 Å². The van der Waals surface area contributed by atoms with E-state index in [1.54, 1.807) is 12.1 Å². The lowest BCUT2D eigenvalue weighted by molar-refractivity contribution is -0.130. The third kappa shape index (κ3) is 2.66. The summed E-state index contributed by atoms with van der Waals surface area (Å²) in [5.74, 6) is -4.10. The fraction of sp³-hybridized carbons (Fsp3) is 0.375. The molecule has 25 heavy (non-hydrogen) atoms. The lowest BCUT2D eigenvalue weighted by atomic mass is 9.91. The molecule has 6 nitrogen and oxygen atoms in total. The Labute approximate surface area is 143 Å². The van der Waals surface area contributed by atoms with Gasteiger partial charge in [-0.05, 0) is 24.4 Å². The van der Waals surface area contributed by atoms with Gasteiger partial charge in [-0.2, -0.15) is 5.26 Å². The lowest BCUT2D eigenvalue weighted by Crippen LogP contribution is -2.60. The molecule has 1 aromatic carbocycles. The SMILES string of the molecule is N#CCNC(=O)C12CC(F)(F)CN1C=CC2S(=O)(=O)c1ccccc1. The number of nitriles is 1. The van der Waals surface area contributed by atoms with Crippen LogP contribution in [0.1, 0.15) is 6.42 Å². The van der Waals surface area contributed by atoms with Gasteiger partial charge in [0.25, 0.3) is 5.92 Å². The molecule has 0 saturated carbocycles. The lowest BCUT2D eigenvalue weighted by Gasteiger charge is -2.35. The van der Waals surface area contributed by atoms with Crippen LogP contribution in [0.15, 0.2) is 47.5 Å². The smallest absolute Gasteiger partial charge is 0.268 e. The third-order valence-electron chi connectivity index (χ3n) is 4.48. The van der Waals surface area contributed by atoms with Gasteiger partial charge in [-0.3, -0.25) is 4.79 Å². The Bertz CT molecular complexity index is 864. The molecule has 1 N–H and O–H groups in total. The largest absolute Gasteiger partial charge is 0.356 e. The number of halogens is 2. The molecule has 0 radical (unpaired) electrons. The summed E-state index contributed by atoms with van der Waals surface area (Å²) >= 11 is 0. The summed E-state index contributed by atoms with van der Waals surface area (Å²) in [4.78, 5) is 13.7. The summed E-state index contributed by atoms with van der Waals surface area (Å²) in [7, 11) is -4.08. The Kier molecular flexibility index (Phi) is 4.03. The minimum absolute atomic E-state index is 0.0471. The summed E-state index contributed by atoms with van der Waals surface area (Å²) < 4.78 is 54.1. The Balaban J connectivity index is 2.09. The first-order chi connectivity index (χ1) is 11.7. The predicted octanol–water partition coefficient (Wildman–Crippen LogP) is 1.08. The zero-order valence-electron chi connectivity index (χ0n) is 13.0. The molecule has 2 heterocycles. The highest BCUT2D eigenvalue weighted by Crippen LogP contribution is 2.48. The first-order valence-corrected chi connectivity index (χ1v) is 9.06. The topological polar surface area (TPSA) is 90.3 Å². The number of nitrogens with one attached hydrogen (secondary N) is 1. The van der Waals surface area contributed by atoms with Crippen LogP contribution in [0.3, 0.4) is 0 Å². The number of carbonyl (C=O) groups excluding carboxylic acids is 1. The first kappa shape index (κ1) is 17.4. The second kappa shape index (κ2) is 5.81. The van der Waals surface area contributed by atoms with E-state index in [9.17, 15) is 22.0 Å². The fourth-order valence-electron chi connectivity index (χ4n) is 3.46. The molecule has 1 fully saturated rings. The van der Waals surface area contributed by atoms with Crippen LogP contribution in [0.25, 0.3) is 0 Å². The van der Waals surface area contributed by atoms with E-state index >= 15 is 0 Å². The van der Waals surface area contributed by atoms with E-state index in [1.807, 2.05) is 0 Å². The highest BCUT2D eigenvalue weighted by molar-refractivity contribution is 7.92. The van der Waals surface area contributed by atoms with Crippen molar-refractivity contribution in [1.29, 1.82) is 5.26 Å². The van der Waals surface area contributed by atoms with Crippen LogP contribution in [-0.4, -0.2) is 49.0 Å². The van der Waals surface area contributed by atoms with Crippen LogP contribution >= 0.6 is 0 Å². The maximum absolute atomic E-state index is 14.0. The maximum atomic E-state index is 14.0. The molecular weight excluding hydrogens is 352 g/mol. The van der Waals surface area contributed by atoms with Crippen molar-refractivity contribution in [3.05, 3.63) is 42.6 Å². The molecule has 9 heteroatoms. The van der Waals surface area contributed by atoms with Crippen LogP contribution < -0.4 is 5.32 Å². The Morgan fingerprint density at radius 2 is 2.04 bits per heavy atom. The van der Waals surface area contributed by atoms with Crippen LogP contribution in [0.5, 0.6) is 0 Å². The summed E-state index contributed by atoms with van der Waals surface area (Å²) in [6.07, 6.45) is 1.57. The monoisotopic (exact) mass is 367 g/mol. The molecule has 0 aromatic heterocycles. The van der Waals surface area contributed by atoms with Crippen molar-refractivity contribution in [3.63, 3.8) is 0 Å². The third-order valence-corrected chi connectivity index (χ3v) is 6.63. The number of carbonyl (C=O) groups is 1. The van der Waals surface area contributed by atoms with Crippen molar-refractivity contribution in [2.24, 2.45) is 0 Å². The number of amides is 1. The molecule has 2 unspecified atom stereocenters. The van der Waals surface area contributed by atoms with Crippen molar-refractivity contribution in [2.75, 3.05) is 13.1 Å². The minimum Gasteiger partial charge on any atom is -0.356 e. The molecule has 0 spiro atoms. The standard InChI is InChI=1S/C16H15F2N3O3S/c17-15(18)10-16(14(22)20-8-7-19)13(6-9-21(16)11-15)25(23,24)12-4-2-1-3-5-12/h1-6,9,13H,8,10-11H2,(H,20,22). The normalized spacial score (nSPS) is 26.9. The Morgan fingerprint density at radius 3 is 2.68 bits per heavy atom. The van der Waals surface area contributed by atoms with Crippen molar-refractivity contribution in [2.45, 2.75) is 28.0 Å². The highest BCUT2D eigenvalue weighted by atomic mass is 32.2. The molecule has 2 aliphatic rings. The molecule has 0 aliphatic carbocycles. The van der Waals surface area contributed by atoms with Gasteiger partial charge < -0.3 is 10.2 Å². The number of hydrogen-bond donors (Lipinski definition) is 1. The van der Waals surface area contributed by atoms with E-state index in [0.29, 0.717) is 0 Å². The molecule has 3 rings (SSSR count). The van der Waals surface area contributed by atoms with E-state index in [0.717, 1.165) is 4.90 Å². The first-order valence-electron chi connectivity index (χ1n) is 7.51. The van der Waals surface area contributed by atoms with Crippen molar-refractivity contribution >= 4 is 15.7 Å². The number of fused-ring (bicyclic) bond motifs is 1. The number of sulfone groups is 1. The molecule has 2 aliphatic heterocycles. The predicted molar refractivity (Wildman–Crippen MR) is 84.2 cm³/mol. The van der Waals surface area contributed by atoms with Crippen LogP contribution in [0.2, 0.25) is 0 Å². The van der Waals surface area contributed by atoms with Crippen molar-refractivity contribution < 1.29 is 22.0 Å². The second-order valence-corrected chi connectivity index (χ2v) is 8.12. The van der Waals surface area contributed by atoms with Crippen LogP contribution in [0.4, 0.5) is 8.78 Å². The van der Waals surface area contributed by atoms with E-state index in [-0.39, 0.29) is 4.90 Å². The van der Waals surface area contributed by atoms with Crippen LogP contribution in [0, 0.1) is 11.3 Å². The fourth-order valence-corrected chi connectivity index (χ4v) is 5.41. The molecule has 0 bridgehead atoms. The number of rotatable bonds is 4. The number of alkyl halides is 2. The number of hydrogen-bond acceptors (Lipinski definition) is 5.